The lowest BCUT2D eigenvalue weighted by atomic mass is 9.83. The number of alkyl halides is 1. The standard InChI is InChI=1S/C31H36FNO3/c1-31(2,3)36-30(35)33-20-26(21-33)22-11-13-24(14-12-22)29(25-15-17-27(34)18-16-25)28(10-7-19-32)23-8-5-4-6-9-23/h4-6,8-9,11-17,26-27,34H,7,10,18-21H2,1-3H3/b29-28+. The van der Waals surface area contributed by atoms with Gasteiger partial charge in [0.05, 0.1) is 12.8 Å². The predicted octanol–water partition coefficient (Wildman–Crippen LogP) is 6.93. The molecule has 5 heteroatoms. The summed E-state index contributed by atoms with van der Waals surface area (Å²) in [5.74, 6) is 0.281. The van der Waals surface area contributed by atoms with E-state index in [2.05, 4.69) is 42.5 Å². The van der Waals surface area contributed by atoms with Gasteiger partial charge >= 0.3 is 6.09 Å². The molecule has 1 N–H and O–H groups in total. The summed E-state index contributed by atoms with van der Waals surface area (Å²) < 4.78 is 18.7. The van der Waals surface area contributed by atoms with Crippen molar-refractivity contribution in [2.45, 2.75) is 57.7 Å². The molecule has 0 spiro atoms. The second-order valence-electron chi connectivity index (χ2n) is 10.5. The third-order valence-electron chi connectivity index (χ3n) is 6.55. The van der Waals surface area contributed by atoms with Gasteiger partial charge in [0.1, 0.15) is 5.60 Å². The summed E-state index contributed by atoms with van der Waals surface area (Å²) in [6, 6.07) is 18.7. The Bertz CT molecular complexity index is 1140. The summed E-state index contributed by atoms with van der Waals surface area (Å²) in [7, 11) is 0. The van der Waals surface area contributed by atoms with Crippen molar-refractivity contribution >= 4 is 17.2 Å². The number of carbonyl (C=O) groups is 1. The summed E-state index contributed by atoms with van der Waals surface area (Å²) >= 11 is 0. The summed E-state index contributed by atoms with van der Waals surface area (Å²) in [5.41, 5.74) is 6.06. The Morgan fingerprint density at radius 1 is 1.06 bits per heavy atom. The van der Waals surface area contributed by atoms with Crippen molar-refractivity contribution in [3.8, 4) is 0 Å². The van der Waals surface area contributed by atoms with Crippen LogP contribution in [0.5, 0.6) is 0 Å². The van der Waals surface area contributed by atoms with Crippen LogP contribution in [0.3, 0.4) is 0 Å². The third-order valence-corrected chi connectivity index (χ3v) is 6.55. The van der Waals surface area contributed by atoms with Crippen LogP contribution in [0.25, 0.3) is 11.1 Å². The SMILES string of the molecule is CC(C)(C)OC(=O)N1CC(c2ccc(/C(C3=CCC(O)C=C3)=C(/CCCF)c3ccccc3)cc2)C1. The molecule has 1 heterocycles. The fraction of sp³-hybridized carbons (Fsp3) is 0.387. The number of hydrogen-bond donors (Lipinski definition) is 1. The van der Waals surface area contributed by atoms with E-state index in [1.807, 2.05) is 51.1 Å². The zero-order chi connectivity index (χ0) is 25.7. The van der Waals surface area contributed by atoms with E-state index >= 15 is 0 Å². The second-order valence-corrected chi connectivity index (χ2v) is 10.5. The number of hydrogen-bond acceptors (Lipinski definition) is 3. The van der Waals surface area contributed by atoms with Gasteiger partial charge in [-0.3, -0.25) is 4.39 Å². The van der Waals surface area contributed by atoms with Crippen LogP contribution < -0.4 is 0 Å². The maximum absolute atomic E-state index is 13.3. The van der Waals surface area contributed by atoms with Gasteiger partial charge in [-0.1, -0.05) is 72.8 Å². The van der Waals surface area contributed by atoms with Crippen molar-refractivity contribution in [2.75, 3.05) is 19.8 Å². The summed E-state index contributed by atoms with van der Waals surface area (Å²) in [6.07, 6.45) is 6.75. The molecule has 0 saturated carbocycles. The molecule has 1 unspecified atom stereocenters. The number of amides is 1. The number of benzene rings is 2. The minimum absolute atomic E-state index is 0.265. The van der Waals surface area contributed by atoms with Crippen LogP contribution in [0, 0.1) is 0 Å². The second kappa shape index (κ2) is 11.3. The fourth-order valence-electron chi connectivity index (χ4n) is 4.69. The molecule has 0 bridgehead atoms. The fourth-order valence-corrected chi connectivity index (χ4v) is 4.69. The number of allylic oxidation sites excluding steroid dienone is 4. The van der Waals surface area contributed by atoms with E-state index < -0.39 is 11.7 Å². The van der Waals surface area contributed by atoms with Crippen molar-refractivity contribution in [1.29, 1.82) is 0 Å². The van der Waals surface area contributed by atoms with Crippen molar-refractivity contribution in [3.05, 3.63) is 95.1 Å². The maximum Gasteiger partial charge on any atom is 0.410 e. The van der Waals surface area contributed by atoms with Crippen LogP contribution in [0.15, 0.2) is 78.4 Å². The van der Waals surface area contributed by atoms with Gasteiger partial charge in [0.2, 0.25) is 0 Å². The normalized spacial score (nSPS) is 18.9. The lowest BCUT2D eigenvalue weighted by Gasteiger charge is -2.40. The van der Waals surface area contributed by atoms with Gasteiger partial charge in [-0.05, 0) is 73.4 Å². The van der Waals surface area contributed by atoms with E-state index in [9.17, 15) is 14.3 Å². The van der Waals surface area contributed by atoms with E-state index in [1.165, 1.54) is 5.56 Å². The van der Waals surface area contributed by atoms with E-state index in [1.54, 1.807) is 4.90 Å². The first-order chi connectivity index (χ1) is 17.2. The van der Waals surface area contributed by atoms with Gasteiger partial charge in [-0.2, -0.15) is 0 Å². The molecule has 0 aromatic heterocycles. The Hall–Kier alpha value is -3.18. The average Bonchev–Trinajstić information content (AvgIpc) is 2.82. The number of halogens is 1. The molecule has 1 fully saturated rings. The van der Waals surface area contributed by atoms with Gasteiger partial charge in [0.25, 0.3) is 0 Å². The maximum atomic E-state index is 13.3. The molecule has 4 nitrogen and oxygen atoms in total. The van der Waals surface area contributed by atoms with Crippen LogP contribution in [0.2, 0.25) is 0 Å². The molecule has 2 aromatic carbocycles. The van der Waals surface area contributed by atoms with Gasteiger partial charge in [-0.25, -0.2) is 4.79 Å². The minimum Gasteiger partial charge on any atom is -0.444 e. The molecule has 36 heavy (non-hydrogen) atoms. The van der Waals surface area contributed by atoms with E-state index in [4.69, 9.17) is 4.74 Å². The first-order valence-corrected chi connectivity index (χ1v) is 12.7. The number of carbonyl (C=O) groups excluding carboxylic acids is 1. The Morgan fingerprint density at radius 2 is 1.75 bits per heavy atom. The molecule has 1 aliphatic carbocycles. The highest BCUT2D eigenvalue weighted by atomic mass is 19.1. The average molecular weight is 490 g/mol. The molecular formula is C31H36FNO3. The predicted molar refractivity (Wildman–Crippen MR) is 143 cm³/mol. The molecule has 1 atom stereocenters. The molecule has 2 aromatic rings. The third kappa shape index (κ3) is 6.33. The number of ether oxygens (including phenoxy) is 1. The van der Waals surface area contributed by atoms with Crippen molar-refractivity contribution < 1.29 is 19.0 Å². The Labute approximate surface area is 213 Å². The number of aliphatic hydroxyl groups is 1. The highest BCUT2D eigenvalue weighted by Gasteiger charge is 2.34. The lowest BCUT2D eigenvalue weighted by Crippen LogP contribution is -2.50. The minimum atomic E-state index is -0.497. The number of aliphatic hydroxyl groups excluding tert-OH is 1. The van der Waals surface area contributed by atoms with Crippen molar-refractivity contribution in [1.82, 2.24) is 4.90 Å². The molecule has 190 valence electrons. The topological polar surface area (TPSA) is 49.8 Å². The lowest BCUT2D eigenvalue weighted by molar-refractivity contribution is 0.00819. The zero-order valence-electron chi connectivity index (χ0n) is 21.4. The van der Waals surface area contributed by atoms with Crippen LogP contribution in [-0.2, 0) is 4.74 Å². The van der Waals surface area contributed by atoms with E-state index in [0.717, 1.165) is 27.8 Å². The molecule has 4 rings (SSSR count). The zero-order valence-corrected chi connectivity index (χ0v) is 21.4. The quantitative estimate of drug-likeness (QED) is 0.429. The molecule has 0 radical (unpaired) electrons. The van der Waals surface area contributed by atoms with E-state index in [-0.39, 0.29) is 18.7 Å². The molecule has 1 amide bonds. The Kier molecular flexibility index (Phi) is 8.10. The summed E-state index contributed by atoms with van der Waals surface area (Å²) in [6.45, 7) is 6.55. The van der Waals surface area contributed by atoms with Gasteiger partial charge < -0.3 is 14.7 Å². The number of rotatable bonds is 7. The van der Waals surface area contributed by atoms with Gasteiger partial charge in [0.15, 0.2) is 0 Å². The van der Waals surface area contributed by atoms with Crippen LogP contribution >= 0.6 is 0 Å². The smallest absolute Gasteiger partial charge is 0.410 e. The largest absolute Gasteiger partial charge is 0.444 e. The van der Waals surface area contributed by atoms with Crippen LogP contribution in [-0.4, -0.2) is 47.6 Å². The first-order valence-electron chi connectivity index (χ1n) is 12.7. The summed E-state index contributed by atoms with van der Waals surface area (Å²) in [5, 5.41) is 10.00. The highest BCUT2D eigenvalue weighted by molar-refractivity contribution is 5.99. The van der Waals surface area contributed by atoms with Crippen molar-refractivity contribution in [2.24, 2.45) is 0 Å². The monoisotopic (exact) mass is 489 g/mol. The first kappa shape index (κ1) is 25.9. The molecule has 1 aliphatic heterocycles. The number of likely N-dealkylation sites (tertiary alicyclic amines) is 1. The Morgan fingerprint density at radius 3 is 2.33 bits per heavy atom. The number of nitrogens with zero attached hydrogens (tertiary/aromatic N) is 1. The molecule has 1 saturated heterocycles. The molecule has 2 aliphatic rings. The molecular weight excluding hydrogens is 453 g/mol. The van der Waals surface area contributed by atoms with Crippen LogP contribution in [0.4, 0.5) is 9.18 Å². The van der Waals surface area contributed by atoms with Crippen LogP contribution in [0.1, 0.15) is 62.6 Å². The van der Waals surface area contributed by atoms with Gasteiger partial charge in [0, 0.05) is 19.0 Å². The van der Waals surface area contributed by atoms with Crippen molar-refractivity contribution in [3.63, 3.8) is 0 Å². The summed E-state index contributed by atoms with van der Waals surface area (Å²) in [4.78, 5) is 14.0. The Balaban J connectivity index is 1.62. The highest BCUT2D eigenvalue weighted by Crippen LogP contribution is 2.38. The van der Waals surface area contributed by atoms with Gasteiger partial charge in [-0.15, -0.1) is 0 Å². The van der Waals surface area contributed by atoms with E-state index in [0.29, 0.717) is 32.4 Å².